The summed E-state index contributed by atoms with van der Waals surface area (Å²) < 4.78 is 33.8. The van der Waals surface area contributed by atoms with E-state index in [1.807, 2.05) is 48.5 Å². The van der Waals surface area contributed by atoms with Crippen LogP contribution in [0.2, 0.25) is 0 Å². The minimum Gasteiger partial charge on any atom is -0.494 e. The molecule has 55 heavy (non-hydrogen) atoms. The summed E-state index contributed by atoms with van der Waals surface area (Å²) in [7, 11) is 0. The second-order valence-electron chi connectivity index (χ2n) is 14.1. The van der Waals surface area contributed by atoms with E-state index in [1.165, 1.54) is 89.9 Å². The Bertz CT molecular complexity index is 1200. The molecule has 0 atom stereocenters. The van der Waals surface area contributed by atoms with Crippen LogP contribution >= 0.6 is 0 Å². The van der Waals surface area contributed by atoms with E-state index < -0.39 is 0 Å². The van der Waals surface area contributed by atoms with Crippen LogP contribution in [-0.2, 0) is 28.5 Å². The normalized spacial score (nSPS) is 11.1. The monoisotopic (exact) mass is 765 g/mol. The molecule has 0 saturated carbocycles. The van der Waals surface area contributed by atoms with E-state index >= 15 is 0 Å². The Hall–Kier alpha value is -3.62. The summed E-state index contributed by atoms with van der Waals surface area (Å²) >= 11 is 0. The maximum atomic E-state index is 11.8. The van der Waals surface area contributed by atoms with Crippen molar-refractivity contribution in [2.24, 2.45) is 0 Å². The fraction of sp³-hybridized carbons (Fsp3) is 0.617. The van der Waals surface area contributed by atoms with E-state index in [-0.39, 0.29) is 18.2 Å². The molecule has 8 nitrogen and oxygen atoms in total. The fourth-order valence-electron chi connectivity index (χ4n) is 6.15. The SMILES string of the molecule is C=C(C(=O)OCC)c1ccc(OCCCCCCCCCCCOC(CC)OCCCCCCCCCCCOc2ccc(C(=C)C(=O)OCC)cc2)cc1. The molecule has 2 aromatic rings. The number of hydrogen-bond acceptors (Lipinski definition) is 8. The van der Waals surface area contributed by atoms with Gasteiger partial charge in [0, 0.05) is 13.2 Å². The summed E-state index contributed by atoms with van der Waals surface area (Å²) in [5.74, 6) is 0.863. The molecular weight excluding hydrogens is 693 g/mol. The molecule has 0 aliphatic rings. The van der Waals surface area contributed by atoms with Crippen molar-refractivity contribution in [1.29, 1.82) is 0 Å². The second kappa shape index (κ2) is 31.6. The van der Waals surface area contributed by atoms with Crippen LogP contribution < -0.4 is 9.47 Å². The molecule has 0 aromatic heterocycles. The first-order valence-corrected chi connectivity index (χ1v) is 21.3. The van der Waals surface area contributed by atoms with Crippen LogP contribution in [0.1, 0.15) is 154 Å². The quantitative estimate of drug-likeness (QED) is 0.0297. The van der Waals surface area contributed by atoms with Crippen LogP contribution in [0.15, 0.2) is 61.7 Å². The minimum absolute atomic E-state index is 0.0701. The molecule has 0 spiro atoms. The first-order chi connectivity index (χ1) is 26.9. The van der Waals surface area contributed by atoms with Crippen molar-refractivity contribution in [3.8, 4) is 11.5 Å². The van der Waals surface area contributed by atoms with Crippen LogP contribution in [0.3, 0.4) is 0 Å². The molecule has 0 N–H and O–H groups in total. The Labute approximate surface area is 333 Å². The van der Waals surface area contributed by atoms with E-state index in [2.05, 4.69) is 20.1 Å². The Morgan fingerprint density at radius 3 is 1.04 bits per heavy atom. The molecule has 0 unspecified atom stereocenters. The van der Waals surface area contributed by atoms with E-state index in [9.17, 15) is 9.59 Å². The zero-order valence-electron chi connectivity index (χ0n) is 34.6. The molecule has 0 aliphatic heterocycles. The number of benzene rings is 2. The van der Waals surface area contributed by atoms with Crippen molar-refractivity contribution in [2.75, 3.05) is 39.6 Å². The Morgan fingerprint density at radius 1 is 0.455 bits per heavy atom. The van der Waals surface area contributed by atoms with Gasteiger partial charge in [0.1, 0.15) is 11.5 Å². The molecule has 0 bridgehead atoms. The Morgan fingerprint density at radius 2 is 0.745 bits per heavy atom. The predicted molar refractivity (Wildman–Crippen MR) is 224 cm³/mol. The lowest BCUT2D eigenvalue weighted by Crippen LogP contribution is -2.17. The van der Waals surface area contributed by atoms with Crippen molar-refractivity contribution in [2.45, 2.75) is 149 Å². The lowest BCUT2D eigenvalue weighted by atomic mass is 10.1. The van der Waals surface area contributed by atoms with Gasteiger partial charge in [0.25, 0.3) is 0 Å². The lowest BCUT2D eigenvalue weighted by molar-refractivity contribution is -0.144. The van der Waals surface area contributed by atoms with Gasteiger partial charge in [-0.15, -0.1) is 0 Å². The van der Waals surface area contributed by atoms with Crippen molar-refractivity contribution in [3.05, 3.63) is 72.8 Å². The third kappa shape index (κ3) is 22.5. The molecule has 308 valence electrons. The van der Waals surface area contributed by atoms with Gasteiger partial charge in [0.15, 0.2) is 6.29 Å². The fourth-order valence-corrected chi connectivity index (χ4v) is 6.15. The van der Waals surface area contributed by atoms with Gasteiger partial charge in [-0.2, -0.15) is 0 Å². The zero-order valence-corrected chi connectivity index (χ0v) is 34.6. The molecule has 8 heteroatoms. The van der Waals surface area contributed by atoms with Gasteiger partial charge < -0.3 is 28.4 Å². The smallest absolute Gasteiger partial charge is 0.338 e. The summed E-state index contributed by atoms with van der Waals surface area (Å²) in [4.78, 5) is 23.6. The van der Waals surface area contributed by atoms with Gasteiger partial charge >= 0.3 is 11.9 Å². The molecule has 0 saturated heterocycles. The molecule has 0 heterocycles. The number of rotatable bonds is 35. The number of ether oxygens (including phenoxy) is 6. The van der Waals surface area contributed by atoms with E-state index in [0.29, 0.717) is 37.6 Å². The lowest BCUT2D eigenvalue weighted by Gasteiger charge is -2.17. The van der Waals surface area contributed by atoms with Crippen molar-refractivity contribution >= 4 is 23.1 Å². The number of carbonyl (C=O) groups is 2. The highest BCUT2D eigenvalue weighted by Crippen LogP contribution is 2.21. The topological polar surface area (TPSA) is 89.5 Å². The van der Waals surface area contributed by atoms with Crippen molar-refractivity contribution in [1.82, 2.24) is 0 Å². The van der Waals surface area contributed by atoms with Gasteiger partial charge in [-0.1, -0.05) is 134 Å². The second-order valence-corrected chi connectivity index (χ2v) is 14.1. The standard InChI is InChI=1S/C47H72O8/c1-6-45(54-37-25-21-17-13-9-11-15-19-23-35-52-43-31-27-41(28-32-43)39(4)46(48)50-7-2)55-38-26-22-18-14-10-12-16-20-24-36-53-44-33-29-42(30-34-44)40(5)47(49)51-8-3/h27-34,45H,4-26,35-38H2,1-3H3. The third-order valence-electron chi connectivity index (χ3n) is 9.50. The van der Waals surface area contributed by atoms with Gasteiger partial charge in [-0.3, -0.25) is 0 Å². The predicted octanol–water partition coefficient (Wildman–Crippen LogP) is 12.1. The first kappa shape index (κ1) is 47.5. The maximum absolute atomic E-state index is 11.8. The summed E-state index contributed by atoms with van der Waals surface area (Å²) in [6.45, 7) is 17.0. The summed E-state index contributed by atoms with van der Waals surface area (Å²) in [6, 6.07) is 14.9. The van der Waals surface area contributed by atoms with E-state index in [4.69, 9.17) is 28.4 Å². The summed E-state index contributed by atoms with van der Waals surface area (Å²) in [6.07, 6.45) is 22.7. The van der Waals surface area contributed by atoms with Crippen LogP contribution in [0.5, 0.6) is 11.5 Å². The highest BCUT2D eigenvalue weighted by atomic mass is 16.7. The Balaban J connectivity index is 1.31. The summed E-state index contributed by atoms with van der Waals surface area (Å²) in [5, 5.41) is 0. The van der Waals surface area contributed by atoms with Crippen LogP contribution in [-0.4, -0.2) is 57.9 Å². The highest BCUT2D eigenvalue weighted by Gasteiger charge is 2.12. The number of unbranched alkanes of at least 4 members (excludes halogenated alkanes) is 16. The van der Waals surface area contributed by atoms with Gasteiger partial charge in [0.2, 0.25) is 0 Å². The maximum Gasteiger partial charge on any atom is 0.338 e. The zero-order chi connectivity index (χ0) is 39.8. The average Bonchev–Trinajstić information content (AvgIpc) is 3.20. The molecular formula is C47H72O8. The average molecular weight is 765 g/mol. The molecule has 0 aliphatic carbocycles. The number of carbonyl (C=O) groups excluding carboxylic acids is 2. The van der Waals surface area contributed by atoms with Gasteiger partial charge in [0.05, 0.1) is 37.6 Å². The van der Waals surface area contributed by atoms with Crippen LogP contribution in [0.4, 0.5) is 0 Å². The van der Waals surface area contributed by atoms with Crippen LogP contribution in [0, 0.1) is 0 Å². The number of hydrogen-bond donors (Lipinski definition) is 0. The van der Waals surface area contributed by atoms with Gasteiger partial charge in [-0.25, -0.2) is 9.59 Å². The van der Waals surface area contributed by atoms with Crippen LogP contribution in [0.25, 0.3) is 11.1 Å². The molecule has 0 radical (unpaired) electrons. The van der Waals surface area contributed by atoms with Crippen molar-refractivity contribution in [3.63, 3.8) is 0 Å². The van der Waals surface area contributed by atoms with Crippen molar-refractivity contribution < 1.29 is 38.0 Å². The molecule has 0 fully saturated rings. The molecule has 0 amide bonds. The van der Waals surface area contributed by atoms with E-state index in [1.54, 1.807) is 13.8 Å². The molecule has 2 rings (SSSR count). The summed E-state index contributed by atoms with van der Waals surface area (Å²) in [5.41, 5.74) is 2.25. The van der Waals surface area contributed by atoms with Gasteiger partial charge in [-0.05, 0) is 81.3 Å². The number of esters is 2. The Kier molecular flexibility index (Phi) is 27.3. The highest BCUT2D eigenvalue weighted by molar-refractivity contribution is 6.16. The largest absolute Gasteiger partial charge is 0.494 e. The van der Waals surface area contributed by atoms with E-state index in [0.717, 1.165) is 67.9 Å². The first-order valence-electron chi connectivity index (χ1n) is 21.3. The molecule has 2 aromatic carbocycles. The third-order valence-corrected chi connectivity index (χ3v) is 9.50. The minimum atomic E-state index is -0.382.